The number of carbonyl (C=O) groups excluding carboxylic acids is 3. The fourth-order valence-electron chi connectivity index (χ4n) is 2.05. The van der Waals surface area contributed by atoms with Gasteiger partial charge in [-0.1, -0.05) is 11.6 Å². The first-order chi connectivity index (χ1) is 13.7. The molecule has 30 heavy (non-hydrogen) atoms. The average Bonchev–Trinajstić information content (AvgIpc) is 2.62. The average molecular weight is 443 g/mol. The quantitative estimate of drug-likeness (QED) is 0.207. The maximum atomic E-state index is 12.4. The van der Waals surface area contributed by atoms with Gasteiger partial charge in [-0.15, -0.1) is 24.7 Å². The van der Waals surface area contributed by atoms with E-state index in [4.69, 9.17) is 43.4 Å². The molecule has 1 unspecified atom stereocenters. The third-order valence-corrected chi connectivity index (χ3v) is 4.18. The van der Waals surface area contributed by atoms with E-state index >= 15 is 0 Å². The van der Waals surface area contributed by atoms with E-state index in [2.05, 4.69) is 11.8 Å². The van der Waals surface area contributed by atoms with Crippen LogP contribution in [0.15, 0.2) is 0 Å². The van der Waals surface area contributed by atoms with Gasteiger partial charge in [-0.25, -0.2) is 4.79 Å². The van der Waals surface area contributed by atoms with Gasteiger partial charge in [0.05, 0.1) is 16.2 Å². The molecule has 0 heterocycles. The number of hydrogen-bond acceptors (Lipinski definition) is 7. The van der Waals surface area contributed by atoms with Crippen molar-refractivity contribution >= 4 is 29.7 Å². The van der Waals surface area contributed by atoms with Gasteiger partial charge in [0.2, 0.25) is 0 Å². The number of hydrogen-bond donors (Lipinski definition) is 0. The monoisotopic (exact) mass is 442 g/mol. The highest BCUT2D eigenvalue weighted by atomic mass is 35.5. The molecule has 0 aliphatic heterocycles. The van der Waals surface area contributed by atoms with Crippen LogP contribution in [-0.4, -0.2) is 43.5 Å². The van der Waals surface area contributed by atoms with Gasteiger partial charge in [0, 0.05) is 12.8 Å². The molecule has 0 fully saturated rings. The van der Waals surface area contributed by atoms with Crippen molar-refractivity contribution in [2.45, 2.75) is 59.9 Å². The molecule has 0 spiro atoms. The number of alkyl halides is 1. The van der Waals surface area contributed by atoms with E-state index in [1.54, 1.807) is 34.6 Å². The molecule has 0 bridgehead atoms. The van der Waals surface area contributed by atoms with Crippen LogP contribution in [0.3, 0.4) is 0 Å². The SMILES string of the molecule is C#CCC(C)(C)C(=O)OCC(C)(COC(=O)OC(C)Cl)COC(=O)C(C)(C)CC#C. The summed E-state index contributed by atoms with van der Waals surface area (Å²) in [7, 11) is 0. The van der Waals surface area contributed by atoms with Crippen molar-refractivity contribution in [3.8, 4) is 24.7 Å². The highest BCUT2D eigenvalue weighted by Crippen LogP contribution is 2.27. The molecule has 0 N–H and O–H groups in total. The zero-order valence-electron chi connectivity index (χ0n) is 18.5. The second-order valence-electron chi connectivity index (χ2n) is 8.69. The van der Waals surface area contributed by atoms with Crippen LogP contribution in [0, 0.1) is 40.9 Å². The predicted molar refractivity (Wildman–Crippen MR) is 112 cm³/mol. The lowest BCUT2D eigenvalue weighted by molar-refractivity contribution is -0.166. The summed E-state index contributed by atoms with van der Waals surface area (Å²) < 4.78 is 20.5. The molecular weight excluding hydrogens is 412 g/mol. The van der Waals surface area contributed by atoms with Gasteiger partial charge in [0.15, 0.2) is 5.56 Å². The van der Waals surface area contributed by atoms with E-state index in [1.807, 2.05) is 0 Å². The van der Waals surface area contributed by atoms with E-state index in [9.17, 15) is 14.4 Å². The minimum Gasteiger partial charge on any atom is -0.464 e. The Morgan fingerprint density at radius 1 is 0.833 bits per heavy atom. The maximum Gasteiger partial charge on any atom is 0.509 e. The third kappa shape index (κ3) is 9.89. The fourth-order valence-corrected chi connectivity index (χ4v) is 2.12. The van der Waals surface area contributed by atoms with Crippen LogP contribution in [0.5, 0.6) is 0 Å². The lowest BCUT2D eigenvalue weighted by atomic mass is 9.89. The molecule has 0 aliphatic carbocycles. The standard InChI is InChI=1S/C22H31ClO7/c1-9-11-20(4,5)17(24)27-13-22(8,15-29-19(26)30-16(3)23)14-28-18(25)21(6,7)12-10-2/h1-2,16H,11-15H2,3-8H3. The first kappa shape index (κ1) is 27.6. The van der Waals surface area contributed by atoms with Crippen LogP contribution >= 0.6 is 11.6 Å². The number of carbonyl (C=O) groups is 3. The van der Waals surface area contributed by atoms with Crippen LogP contribution in [0.2, 0.25) is 0 Å². The van der Waals surface area contributed by atoms with Crippen LogP contribution in [0.1, 0.15) is 54.4 Å². The molecule has 0 amide bonds. The predicted octanol–water partition coefficient (Wildman–Crippen LogP) is 3.92. The molecule has 0 radical (unpaired) electrons. The fraction of sp³-hybridized carbons (Fsp3) is 0.682. The summed E-state index contributed by atoms with van der Waals surface area (Å²) in [6.45, 7) is 9.09. The Morgan fingerprint density at radius 2 is 1.20 bits per heavy atom. The van der Waals surface area contributed by atoms with Crippen molar-refractivity contribution in [3.05, 3.63) is 0 Å². The highest BCUT2D eigenvalue weighted by Gasteiger charge is 2.36. The minimum absolute atomic E-state index is 0.188. The highest BCUT2D eigenvalue weighted by molar-refractivity contribution is 6.19. The molecule has 7 nitrogen and oxygen atoms in total. The molecule has 0 aromatic rings. The minimum atomic E-state index is -1.04. The van der Waals surface area contributed by atoms with E-state index in [-0.39, 0.29) is 32.7 Å². The van der Waals surface area contributed by atoms with Gasteiger partial charge < -0.3 is 18.9 Å². The molecular formula is C22H31ClO7. The number of halogens is 1. The van der Waals surface area contributed by atoms with E-state index in [1.165, 1.54) is 6.92 Å². The van der Waals surface area contributed by atoms with Crippen LogP contribution in [0.25, 0.3) is 0 Å². The first-order valence-electron chi connectivity index (χ1n) is 9.38. The van der Waals surface area contributed by atoms with Crippen LogP contribution < -0.4 is 0 Å². The van der Waals surface area contributed by atoms with Gasteiger partial charge in [-0.2, -0.15) is 0 Å². The summed E-state index contributed by atoms with van der Waals surface area (Å²) in [5.74, 6) is 3.81. The van der Waals surface area contributed by atoms with Crippen molar-refractivity contribution < 1.29 is 33.3 Å². The maximum absolute atomic E-state index is 12.4. The Kier molecular flexibility index (Phi) is 10.8. The summed E-state index contributed by atoms with van der Waals surface area (Å²) in [6, 6.07) is 0. The van der Waals surface area contributed by atoms with Crippen molar-refractivity contribution in [2.75, 3.05) is 19.8 Å². The molecule has 0 saturated heterocycles. The van der Waals surface area contributed by atoms with E-state index in [0.29, 0.717) is 0 Å². The summed E-state index contributed by atoms with van der Waals surface area (Å²) in [6.07, 6.45) is 9.96. The Bertz CT molecular complexity index is 651. The normalized spacial score (nSPS) is 12.7. The second kappa shape index (κ2) is 11.7. The Morgan fingerprint density at radius 3 is 1.53 bits per heavy atom. The summed E-state index contributed by atoms with van der Waals surface area (Å²) in [4.78, 5) is 36.4. The van der Waals surface area contributed by atoms with Gasteiger partial charge in [-0.3, -0.25) is 9.59 Å². The molecule has 0 saturated carbocycles. The van der Waals surface area contributed by atoms with Crippen molar-refractivity contribution in [2.24, 2.45) is 16.2 Å². The van der Waals surface area contributed by atoms with E-state index in [0.717, 1.165) is 0 Å². The number of esters is 2. The molecule has 0 aromatic heterocycles. The Hall–Kier alpha value is -2.38. The summed E-state index contributed by atoms with van der Waals surface area (Å²) >= 11 is 5.59. The lowest BCUT2D eigenvalue weighted by Crippen LogP contribution is -2.40. The second-order valence-corrected chi connectivity index (χ2v) is 9.31. The number of rotatable bonds is 11. The zero-order valence-corrected chi connectivity index (χ0v) is 19.3. The first-order valence-corrected chi connectivity index (χ1v) is 9.81. The smallest absolute Gasteiger partial charge is 0.464 e. The Labute approximate surface area is 184 Å². The van der Waals surface area contributed by atoms with Crippen LogP contribution in [0.4, 0.5) is 4.79 Å². The largest absolute Gasteiger partial charge is 0.509 e. The number of ether oxygens (including phenoxy) is 4. The van der Waals surface area contributed by atoms with Crippen LogP contribution in [-0.2, 0) is 28.5 Å². The Balaban J connectivity index is 5.23. The van der Waals surface area contributed by atoms with Gasteiger partial charge in [0.25, 0.3) is 0 Å². The molecule has 168 valence electrons. The third-order valence-electron chi connectivity index (χ3n) is 4.09. The molecule has 1 atom stereocenters. The molecule has 0 aliphatic rings. The zero-order chi connectivity index (χ0) is 23.6. The van der Waals surface area contributed by atoms with Gasteiger partial charge in [-0.05, 0) is 41.5 Å². The molecule has 0 rings (SSSR count). The van der Waals surface area contributed by atoms with Crippen molar-refractivity contribution in [3.63, 3.8) is 0 Å². The molecule has 8 heteroatoms. The lowest BCUT2D eigenvalue weighted by Gasteiger charge is -2.31. The van der Waals surface area contributed by atoms with Crippen molar-refractivity contribution in [1.82, 2.24) is 0 Å². The summed E-state index contributed by atoms with van der Waals surface area (Å²) in [5.41, 5.74) is -3.71. The van der Waals surface area contributed by atoms with Crippen molar-refractivity contribution in [1.29, 1.82) is 0 Å². The van der Waals surface area contributed by atoms with Gasteiger partial charge in [0.1, 0.15) is 19.8 Å². The topological polar surface area (TPSA) is 88.1 Å². The number of terminal acetylenes is 2. The summed E-state index contributed by atoms with van der Waals surface area (Å²) in [5, 5.41) is 0. The molecule has 0 aromatic carbocycles. The van der Waals surface area contributed by atoms with Gasteiger partial charge >= 0.3 is 18.1 Å². The van der Waals surface area contributed by atoms with E-state index < -0.39 is 39.9 Å².